The van der Waals surface area contributed by atoms with E-state index in [2.05, 4.69) is 11.3 Å². The van der Waals surface area contributed by atoms with Crippen molar-refractivity contribution in [3.63, 3.8) is 0 Å². The third kappa shape index (κ3) is 1.93. The first-order valence-corrected chi connectivity index (χ1v) is 5.60. The number of hydrogen-bond donors (Lipinski definition) is 0. The molecule has 0 aromatic rings. The lowest BCUT2D eigenvalue weighted by atomic mass is 9.93. The number of alkyl halides is 9. The summed E-state index contributed by atoms with van der Waals surface area (Å²) in [5, 5.41) is 0. The quantitative estimate of drug-likeness (QED) is 0.441. The fourth-order valence-electron chi connectivity index (χ4n) is 1.81. The van der Waals surface area contributed by atoms with Crippen molar-refractivity contribution in [1.29, 1.82) is 0 Å². The highest BCUT2D eigenvalue weighted by atomic mass is 19.4. The molecule has 22 heavy (non-hydrogen) atoms. The molecule has 0 spiro atoms. The minimum absolute atomic E-state index is 0.325. The Hall–Kier alpha value is -1.42. The lowest BCUT2D eigenvalue weighted by Gasteiger charge is -2.30. The van der Waals surface area contributed by atoms with E-state index in [1.54, 1.807) is 0 Å². The van der Waals surface area contributed by atoms with Crippen LogP contribution in [0.15, 0.2) is 12.2 Å². The zero-order valence-corrected chi connectivity index (χ0v) is 10.8. The summed E-state index contributed by atoms with van der Waals surface area (Å²) < 4.78 is 122. The van der Waals surface area contributed by atoms with E-state index in [0.717, 1.165) is 6.92 Å². The van der Waals surface area contributed by atoms with Gasteiger partial charge in [-0.3, -0.25) is 0 Å². The van der Waals surface area contributed by atoms with E-state index < -0.39 is 48.4 Å². The van der Waals surface area contributed by atoms with Gasteiger partial charge in [0.15, 0.2) is 0 Å². The maximum absolute atomic E-state index is 13.8. The molecule has 0 bridgehead atoms. The van der Waals surface area contributed by atoms with Gasteiger partial charge in [0.1, 0.15) is 0 Å². The van der Waals surface area contributed by atoms with Crippen molar-refractivity contribution in [2.45, 2.75) is 42.7 Å². The van der Waals surface area contributed by atoms with Crippen molar-refractivity contribution in [3.8, 4) is 0 Å². The van der Waals surface area contributed by atoms with Crippen LogP contribution in [0, 0.1) is 0 Å². The number of esters is 1. The van der Waals surface area contributed by atoms with Gasteiger partial charge in [-0.25, -0.2) is 9.18 Å². The van der Waals surface area contributed by atoms with E-state index in [-0.39, 0.29) is 5.57 Å². The highest BCUT2D eigenvalue weighted by Gasteiger charge is 3.00. The number of rotatable bonds is 4. The van der Waals surface area contributed by atoms with Gasteiger partial charge in [-0.2, -0.15) is 35.1 Å². The van der Waals surface area contributed by atoms with Crippen LogP contribution >= 0.6 is 0 Å². The molecule has 1 aliphatic rings. The first kappa shape index (κ1) is 18.6. The van der Waals surface area contributed by atoms with Crippen LogP contribution in [-0.4, -0.2) is 41.9 Å². The van der Waals surface area contributed by atoms with E-state index in [9.17, 15) is 44.3 Å². The SMILES string of the molecule is C=C(C)C(=O)OCCC1(F)C(F)(F)C(F)(F)C(F)(F)C1(F)F. The molecule has 0 heterocycles. The number of carbonyl (C=O) groups is 1. The highest BCUT2D eigenvalue weighted by molar-refractivity contribution is 5.86. The second-order valence-corrected chi connectivity index (χ2v) is 4.76. The molecule has 11 heteroatoms. The summed E-state index contributed by atoms with van der Waals surface area (Å²) in [6.45, 7) is 2.54. The largest absolute Gasteiger partial charge is 0.462 e. The van der Waals surface area contributed by atoms with Crippen LogP contribution in [0.4, 0.5) is 39.5 Å². The molecule has 0 aromatic heterocycles. The second-order valence-electron chi connectivity index (χ2n) is 4.76. The Kier molecular flexibility index (Phi) is 4.05. The monoisotopic (exact) mass is 344 g/mol. The van der Waals surface area contributed by atoms with Crippen molar-refractivity contribution in [3.05, 3.63) is 12.2 Å². The van der Waals surface area contributed by atoms with Gasteiger partial charge in [0, 0.05) is 12.0 Å². The number of carbonyl (C=O) groups excluding carboxylic acids is 1. The van der Waals surface area contributed by atoms with Crippen LogP contribution in [0.1, 0.15) is 13.3 Å². The van der Waals surface area contributed by atoms with E-state index in [4.69, 9.17) is 0 Å². The molecular formula is C11H9F9O2. The topological polar surface area (TPSA) is 26.3 Å². The molecular weight excluding hydrogens is 335 g/mol. The zero-order valence-electron chi connectivity index (χ0n) is 10.8. The lowest BCUT2D eigenvalue weighted by molar-refractivity contribution is -0.303. The average Bonchev–Trinajstić information content (AvgIpc) is 2.40. The van der Waals surface area contributed by atoms with Gasteiger partial charge in [-0.15, -0.1) is 0 Å². The van der Waals surface area contributed by atoms with Crippen LogP contribution < -0.4 is 0 Å². The summed E-state index contributed by atoms with van der Waals surface area (Å²) in [7, 11) is 0. The Bertz CT molecular complexity index is 472. The third-order valence-corrected chi connectivity index (χ3v) is 3.21. The van der Waals surface area contributed by atoms with Gasteiger partial charge in [-0.05, 0) is 6.92 Å². The molecule has 0 N–H and O–H groups in total. The van der Waals surface area contributed by atoms with Gasteiger partial charge in [0.05, 0.1) is 6.61 Å². The van der Waals surface area contributed by atoms with Crippen molar-refractivity contribution < 1.29 is 49.0 Å². The summed E-state index contributed by atoms with van der Waals surface area (Å²) in [5.41, 5.74) is -5.92. The molecule has 0 aromatic carbocycles. The van der Waals surface area contributed by atoms with Gasteiger partial charge in [0.2, 0.25) is 0 Å². The Labute approximate surface area is 117 Å². The summed E-state index contributed by atoms with van der Waals surface area (Å²) in [5.74, 6) is -27.3. The maximum atomic E-state index is 13.8. The van der Waals surface area contributed by atoms with Crippen LogP contribution in [0.5, 0.6) is 0 Å². The lowest BCUT2D eigenvalue weighted by Crippen LogP contribution is -2.55. The molecule has 1 saturated carbocycles. The highest BCUT2D eigenvalue weighted by Crippen LogP contribution is 2.69. The second kappa shape index (κ2) is 4.79. The van der Waals surface area contributed by atoms with Crippen LogP contribution in [0.2, 0.25) is 0 Å². The number of hydrogen-bond acceptors (Lipinski definition) is 2. The predicted octanol–water partition coefficient (Wildman–Crippen LogP) is 3.76. The van der Waals surface area contributed by atoms with Crippen LogP contribution in [-0.2, 0) is 9.53 Å². The van der Waals surface area contributed by atoms with Crippen molar-refractivity contribution in [1.82, 2.24) is 0 Å². The molecule has 1 rings (SSSR count). The van der Waals surface area contributed by atoms with Gasteiger partial charge < -0.3 is 4.74 Å². The first-order valence-electron chi connectivity index (χ1n) is 5.60. The fraction of sp³-hybridized carbons (Fsp3) is 0.727. The Balaban J connectivity index is 3.15. The minimum atomic E-state index is -6.61. The van der Waals surface area contributed by atoms with E-state index in [1.165, 1.54) is 0 Å². The molecule has 0 amide bonds. The zero-order chi connectivity index (χ0) is 17.8. The van der Waals surface area contributed by atoms with Crippen LogP contribution in [0.3, 0.4) is 0 Å². The summed E-state index contributed by atoms with van der Waals surface area (Å²) >= 11 is 0. The Morgan fingerprint density at radius 3 is 1.55 bits per heavy atom. The minimum Gasteiger partial charge on any atom is -0.462 e. The molecule has 1 aliphatic carbocycles. The van der Waals surface area contributed by atoms with Gasteiger partial charge in [-0.1, -0.05) is 6.58 Å². The molecule has 0 saturated heterocycles. The normalized spacial score (nSPS) is 26.5. The third-order valence-electron chi connectivity index (χ3n) is 3.21. The summed E-state index contributed by atoms with van der Waals surface area (Å²) in [6.07, 6.45) is -2.25. The molecule has 1 fully saturated rings. The predicted molar refractivity (Wildman–Crippen MR) is 54.0 cm³/mol. The van der Waals surface area contributed by atoms with Gasteiger partial charge in [0.25, 0.3) is 5.67 Å². The smallest absolute Gasteiger partial charge is 0.381 e. The van der Waals surface area contributed by atoms with Crippen molar-refractivity contribution in [2.75, 3.05) is 6.61 Å². The summed E-state index contributed by atoms with van der Waals surface area (Å²) in [4.78, 5) is 10.9. The Morgan fingerprint density at radius 2 is 1.23 bits per heavy atom. The number of ether oxygens (including phenoxy) is 1. The number of halogens is 9. The molecule has 0 aliphatic heterocycles. The standard InChI is InChI=1S/C11H9F9O2/c1-5(2)6(21)22-4-3-7(12)8(13,14)10(17,18)11(19,20)9(7,15)16/h1,3-4H2,2H3. The van der Waals surface area contributed by atoms with Crippen molar-refractivity contribution in [2.24, 2.45) is 0 Å². The molecule has 0 unspecified atom stereocenters. The molecule has 128 valence electrons. The summed E-state index contributed by atoms with van der Waals surface area (Å²) in [6, 6.07) is 0. The molecule has 2 nitrogen and oxygen atoms in total. The van der Waals surface area contributed by atoms with E-state index in [1.807, 2.05) is 0 Å². The molecule has 0 radical (unpaired) electrons. The molecule has 0 atom stereocenters. The van der Waals surface area contributed by atoms with Crippen LogP contribution in [0.25, 0.3) is 0 Å². The fourth-order valence-corrected chi connectivity index (χ4v) is 1.81. The van der Waals surface area contributed by atoms with Gasteiger partial charge >= 0.3 is 29.7 Å². The van der Waals surface area contributed by atoms with Crippen molar-refractivity contribution >= 4 is 5.97 Å². The van der Waals surface area contributed by atoms with E-state index >= 15 is 0 Å². The average molecular weight is 344 g/mol. The maximum Gasteiger partial charge on any atom is 0.381 e. The first-order chi connectivity index (χ1) is 9.58. The Morgan fingerprint density at radius 1 is 0.864 bits per heavy atom. The van der Waals surface area contributed by atoms with E-state index in [0.29, 0.717) is 0 Å².